The van der Waals surface area contributed by atoms with Gasteiger partial charge in [-0.1, -0.05) is 0 Å². The molecule has 2 rings (SSSR count). The molecule has 1 amide bonds. The van der Waals surface area contributed by atoms with Crippen molar-refractivity contribution in [2.75, 3.05) is 13.4 Å². The fraction of sp³-hybridized carbons (Fsp3) is 0.533. The van der Waals surface area contributed by atoms with E-state index in [0.717, 1.165) is 30.9 Å². The predicted octanol–water partition coefficient (Wildman–Crippen LogP) is 2.80. The molecular weight excluding hydrogens is 274 g/mol. The van der Waals surface area contributed by atoms with Gasteiger partial charge in [-0.25, -0.2) is 0 Å². The summed E-state index contributed by atoms with van der Waals surface area (Å²) in [5.74, 6) is 0.289. The monoisotopic (exact) mass is 295 g/mol. The van der Waals surface area contributed by atoms with E-state index in [-0.39, 0.29) is 17.7 Å². The van der Waals surface area contributed by atoms with Crippen LogP contribution in [0.5, 0.6) is 11.5 Å². The number of phenols is 1. The van der Waals surface area contributed by atoms with Crippen LogP contribution >= 0.6 is 11.8 Å². The van der Waals surface area contributed by atoms with Gasteiger partial charge in [0.25, 0.3) is 5.91 Å². The highest BCUT2D eigenvalue weighted by Crippen LogP contribution is 2.28. The van der Waals surface area contributed by atoms with Crippen LogP contribution in [0.25, 0.3) is 0 Å². The van der Waals surface area contributed by atoms with Gasteiger partial charge >= 0.3 is 0 Å². The maximum absolute atomic E-state index is 12.2. The lowest BCUT2D eigenvalue weighted by Crippen LogP contribution is -2.38. The maximum atomic E-state index is 12.2. The summed E-state index contributed by atoms with van der Waals surface area (Å²) in [6.07, 6.45) is 6.43. The molecule has 0 aromatic heterocycles. The zero-order valence-electron chi connectivity index (χ0n) is 11.9. The highest BCUT2D eigenvalue weighted by molar-refractivity contribution is 7.99. The third kappa shape index (κ3) is 3.60. The average molecular weight is 295 g/mol. The van der Waals surface area contributed by atoms with Crippen molar-refractivity contribution < 1.29 is 14.6 Å². The van der Waals surface area contributed by atoms with E-state index in [4.69, 9.17) is 4.74 Å². The number of hydrogen-bond acceptors (Lipinski definition) is 4. The van der Waals surface area contributed by atoms with E-state index >= 15 is 0 Å². The molecule has 1 fully saturated rings. The van der Waals surface area contributed by atoms with Gasteiger partial charge in [-0.3, -0.25) is 4.79 Å². The summed E-state index contributed by atoms with van der Waals surface area (Å²) in [7, 11) is 1.53. The number of carbonyl (C=O) groups is 1. The molecule has 0 saturated heterocycles. The lowest BCUT2D eigenvalue weighted by molar-refractivity contribution is 0.0925. The Balaban J connectivity index is 1.95. The lowest BCUT2D eigenvalue weighted by atomic mass is 9.94. The number of ether oxygens (including phenoxy) is 1. The van der Waals surface area contributed by atoms with E-state index in [0.29, 0.717) is 11.3 Å². The summed E-state index contributed by atoms with van der Waals surface area (Å²) < 4.78 is 5.01. The van der Waals surface area contributed by atoms with Crippen LogP contribution < -0.4 is 10.1 Å². The second kappa shape index (κ2) is 6.88. The molecule has 1 aromatic carbocycles. The molecule has 0 aliphatic heterocycles. The lowest BCUT2D eigenvalue weighted by Gasteiger charge is -2.28. The zero-order chi connectivity index (χ0) is 14.5. The number of amides is 1. The Kier molecular flexibility index (Phi) is 5.17. The maximum Gasteiger partial charge on any atom is 0.255 e. The van der Waals surface area contributed by atoms with Gasteiger partial charge in [-0.05, 0) is 44.1 Å². The highest BCUT2D eigenvalue weighted by atomic mass is 32.2. The van der Waals surface area contributed by atoms with Gasteiger partial charge in [-0.15, -0.1) is 0 Å². The summed E-state index contributed by atoms with van der Waals surface area (Å²) in [4.78, 5) is 12.2. The quantitative estimate of drug-likeness (QED) is 0.897. The number of carbonyl (C=O) groups excluding carboxylic acids is 1. The van der Waals surface area contributed by atoms with Crippen LogP contribution in [0.1, 0.15) is 36.0 Å². The minimum Gasteiger partial charge on any atom is -0.507 e. The van der Waals surface area contributed by atoms with Crippen LogP contribution in [-0.4, -0.2) is 35.7 Å². The first-order valence-electron chi connectivity index (χ1n) is 6.84. The van der Waals surface area contributed by atoms with Gasteiger partial charge in [0, 0.05) is 17.4 Å². The topological polar surface area (TPSA) is 58.6 Å². The van der Waals surface area contributed by atoms with E-state index in [2.05, 4.69) is 11.6 Å². The van der Waals surface area contributed by atoms with Crippen molar-refractivity contribution >= 4 is 17.7 Å². The molecule has 5 heteroatoms. The zero-order valence-corrected chi connectivity index (χ0v) is 12.7. The minimum absolute atomic E-state index is 0.0420. The Morgan fingerprint density at radius 2 is 2.05 bits per heavy atom. The van der Waals surface area contributed by atoms with Crippen LogP contribution in [-0.2, 0) is 0 Å². The molecule has 1 aliphatic carbocycles. The summed E-state index contributed by atoms with van der Waals surface area (Å²) in [5, 5.41) is 13.6. The number of methoxy groups -OCH3 is 1. The van der Waals surface area contributed by atoms with Gasteiger partial charge in [0.15, 0.2) is 0 Å². The molecule has 0 atom stereocenters. The van der Waals surface area contributed by atoms with Crippen LogP contribution in [0.15, 0.2) is 18.2 Å². The third-order valence-corrected chi connectivity index (χ3v) is 4.93. The van der Waals surface area contributed by atoms with Crippen molar-refractivity contribution in [1.29, 1.82) is 0 Å². The Labute approximate surface area is 123 Å². The molecule has 2 N–H and O–H groups in total. The third-order valence-electron chi connectivity index (χ3n) is 3.79. The number of aromatic hydroxyl groups is 1. The molecule has 0 heterocycles. The highest BCUT2D eigenvalue weighted by Gasteiger charge is 2.23. The van der Waals surface area contributed by atoms with Crippen molar-refractivity contribution in [3.05, 3.63) is 23.8 Å². The molecule has 1 aromatic rings. The summed E-state index contributed by atoms with van der Waals surface area (Å²) in [6, 6.07) is 4.95. The fourth-order valence-corrected chi connectivity index (χ4v) is 3.28. The normalized spacial score (nSPS) is 22.3. The van der Waals surface area contributed by atoms with Crippen molar-refractivity contribution in [3.63, 3.8) is 0 Å². The van der Waals surface area contributed by atoms with Crippen LogP contribution in [0, 0.1) is 0 Å². The number of nitrogens with one attached hydrogen (secondary N) is 1. The first-order valence-corrected chi connectivity index (χ1v) is 8.13. The number of rotatable bonds is 4. The largest absolute Gasteiger partial charge is 0.507 e. The number of hydrogen-bond donors (Lipinski definition) is 2. The standard InChI is InChI=1S/C15H21NO3S/c1-19-11-5-8-13(14(17)9-11)15(18)16-10-3-6-12(20-2)7-4-10/h5,8-10,12,17H,3-4,6-7H2,1-2H3,(H,16,18). The molecule has 110 valence electrons. The van der Waals surface area contributed by atoms with E-state index < -0.39 is 0 Å². The number of thioether (sulfide) groups is 1. The molecular formula is C15H21NO3S. The Hall–Kier alpha value is -1.36. The van der Waals surface area contributed by atoms with Crippen molar-refractivity contribution in [2.45, 2.75) is 37.0 Å². The van der Waals surface area contributed by atoms with Crippen molar-refractivity contribution in [1.82, 2.24) is 5.32 Å². The van der Waals surface area contributed by atoms with Crippen LogP contribution in [0.3, 0.4) is 0 Å². The average Bonchev–Trinajstić information content (AvgIpc) is 2.47. The van der Waals surface area contributed by atoms with Gasteiger partial charge < -0.3 is 15.2 Å². The molecule has 0 bridgehead atoms. The summed E-state index contributed by atoms with van der Waals surface area (Å²) >= 11 is 1.90. The van der Waals surface area contributed by atoms with E-state index in [1.807, 2.05) is 11.8 Å². The van der Waals surface area contributed by atoms with Crippen LogP contribution in [0.2, 0.25) is 0 Å². The second-order valence-corrected chi connectivity index (χ2v) is 6.20. The van der Waals surface area contributed by atoms with Gasteiger partial charge in [0.05, 0.1) is 12.7 Å². The number of phenolic OH excluding ortho intramolecular Hbond substituents is 1. The van der Waals surface area contributed by atoms with Gasteiger partial charge in [0.1, 0.15) is 11.5 Å². The Morgan fingerprint density at radius 1 is 1.35 bits per heavy atom. The fourth-order valence-electron chi connectivity index (χ4n) is 2.54. The molecule has 0 spiro atoms. The minimum atomic E-state index is -0.210. The molecule has 0 unspecified atom stereocenters. The van der Waals surface area contributed by atoms with Crippen molar-refractivity contribution in [2.24, 2.45) is 0 Å². The molecule has 20 heavy (non-hydrogen) atoms. The summed E-state index contributed by atoms with van der Waals surface area (Å²) in [6.45, 7) is 0. The molecule has 1 aliphatic rings. The van der Waals surface area contributed by atoms with Crippen LogP contribution in [0.4, 0.5) is 0 Å². The second-order valence-electron chi connectivity index (χ2n) is 5.07. The van der Waals surface area contributed by atoms with Gasteiger partial charge in [0.2, 0.25) is 0 Å². The first-order chi connectivity index (χ1) is 9.63. The first kappa shape index (κ1) is 15.0. The summed E-state index contributed by atoms with van der Waals surface area (Å²) in [5.41, 5.74) is 0.304. The van der Waals surface area contributed by atoms with Crippen molar-refractivity contribution in [3.8, 4) is 11.5 Å². The van der Waals surface area contributed by atoms with E-state index in [9.17, 15) is 9.90 Å². The van der Waals surface area contributed by atoms with E-state index in [1.165, 1.54) is 13.2 Å². The smallest absolute Gasteiger partial charge is 0.255 e. The molecule has 0 radical (unpaired) electrons. The van der Waals surface area contributed by atoms with Gasteiger partial charge in [-0.2, -0.15) is 11.8 Å². The molecule has 4 nitrogen and oxygen atoms in total. The van der Waals surface area contributed by atoms with E-state index in [1.54, 1.807) is 12.1 Å². The Morgan fingerprint density at radius 3 is 2.60 bits per heavy atom. The Bertz CT molecular complexity index is 470. The number of benzene rings is 1. The molecule has 1 saturated carbocycles. The SMILES string of the molecule is COc1ccc(C(=O)NC2CCC(SC)CC2)c(O)c1. The predicted molar refractivity (Wildman–Crippen MR) is 81.7 cm³/mol.